The van der Waals surface area contributed by atoms with Gasteiger partial charge < -0.3 is 15.7 Å². The smallest absolute Gasteiger partial charge is 0.329 e. The van der Waals surface area contributed by atoms with E-state index in [9.17, 15) is 14.7 Å². The van der Waals surface area contributed by atoms with Crippen LogP contribution < -0.4 is 10.6 Å². The van der Waals surface area contributed by atoms with Crippen molar-refractivity contribution in [3.05, 3.63) is 0 Å². The Bertz CT molecular complexity index is 361. The van der Waals surface area contributed by atoms with E-state index in [-0.39, 0.29) is 12.1 Å². The van der Waals surface area contributed by atoms with Crippen LogP contribution in [-0.2, 0) is 4.79 Å². The van der Waals surface area contributed by atoms with Crippen molar-refractivity contribution in [2.75, 3.05) is 0 Å². The highest BCUT2D eigenvalue weighted by atomic mass is 16.4. The van der Waals surface area contributed by atoms with E-state index in [4.69, 9.17) is 0 Å². The van der Waals surface area contributed by atoms with Crippen LogP contribution in [0, 0.1) is 11.8 Å². The summed E-state index contributed by atoms with van der Waals surface area (Å²) in [6.45, 7) is 8.25. The minimum absolute atomic E-state index is 0.0721. The van der Waals surface area contributed by atoms with Gasteiger partial charge >= 0.3 is 12.0 Å². The molecule has 122 valence electrons. The van der Waals surface area contributed by atoms with Gasteiger partial charge in [0.05, 0.1) is 0 Å². The van der Waals surface area contributed by atoms with Crippen LogP contribution in [0.5, 0.6) is 0 Å². The molecule has 1 saturated carbocycles. The zero-order valence-corrected chi connectivity index (χ0v) is 13.7. The number of urea groups is 1. The quantitative estimate of drug-likeness (QED) is 0.705. The normalized spacial score (nSPS) is 27.2. The maximum atomic E-state index is 12.2. The standard InChI is InChI=1S/C16H30N2O3/c1-5-12-7-9-16(10-8-12,14(19)20)18-15(21)17-13(6-2)11(3)4/h11-13H,5-10H2,1-4H3,(H,19,20)(H2,17,18,21). The summed E-state index contributed by atoms with van der Waals surface area (Å²) >= 11 is 0. The highest BCUT2D eigenvalue weighted by Crippen LogP contribution is 2.34. The van der Waals surface area contributed by atoms with Gasteiger partial charge in [0.15, 0.2) is 0 Å². The first-order valence-corrected chi connectivity index (χ1v) is 8.16. The molecule has 21 heavy (non-hydrogen) atoms. The largest absolute Gasteiger partial charge is 0.480 e. The van der Waals surface area contributed by atoms with Crippen LogP contribution >= 0.6 is 0 Å². The van der Waals surface area contributed by atoms with Crippen molar-refractivity contribution in [3.63, 3.8) is 0 Å². The molecule has 0 radical (unpaired) electrons. The molecule has 1 unspecified atom stereocenters. The van der Waals surface area contributed by atoms with E-state index >= 15 is 0 Å². The Hall–Kier alpha value is -1.26. The second kappa shape index (κ2) is 7.66. The van der Waals surface area contributed by atoms with Crippen LogP contribution in [0.25, 0.3) is 0 Å². The molecule has 1 aliphatic carbocycles. The molecule has 5 nitrogen and oxygen atoms in total. The second-order valence-electron chi connectivity index (χ2n) is 6.60. The summed E-state index contributed by atoms with van der Waals surface area (Å²) in [5.41, 5.74) is -1.09. The molecule has 1 fully saturated rings. The lowest BCUT2D eigenvalue weighted by Gasteiger charge is -2.37. The molecule has 0 aromatic rings. The minimum atomic E-state index is -1.09. The van der Waals surface area contributed by atoms with E-state index in [1.54, 1.807) is 0 Å². The summed E-state index contributed by atoms with van der Waals surface area (Å²) < 4.78 is 0. The van der Waals surface area contributed by atoms with Crippen molar-refractivity contribution in [2.45, 2.75) is 77.8 Å². The Morgan fingerprint density at radius 2 is 1.81 bits per heavy atom. The summed E-state index contributed by atoms with van der Waals surface area (Å²) in [5.74, 6) is 0.00328. The third-order valence-electron chi connectivity index (χ3n) is 4.86. The minimum Gasteiger partial charge on any atom is -0.480 e. The first-order chi connectivity index (χ1) is 9.84. The molecule has 0 heterocycles. The van der Waals surface area contributed by atoms with Gasteiger partial charge in [0.25, 0.3) is 0 Å². The summed E-state index contributed by atoms with van der Waals surface area (Å²) in [7, 11) is 0. The molecule has 0 bridgehead atoms. The number of hydrogen-bond donors (Lipinski definition) is 3. The molecular weight excluding hydrogens is 268 g/mol. The first-order valence-electron chi connectivity index (χ1n) is 8.16. The number of rotatable bonds is 6. The Morgan fingerprint density at radius 3 is 2.19 bits per heavy atom. The van der Waals surface area contributed by atoms with E-state index < -0.39 is 11.5 Å². The molecule has 3 N–H and O–H groups in total. The predicted octanol–water partition coefficient (Wildman–Crippen LogP) is 3.14. The molecule has 5 heteroatoms. The molecule has 0 aliphatic heterocycles. The number of amides is 2. The SMILES string of the molecule is CCC1CCC(NC(=O)NC(CC)C(C)C)(C(=O)O)CC1. The number of carbonyl (C=O) groups excluding carboxylic acids is 1. The monoisotopic (exact) mass is 298 g/mol. The third kappa shape index (κ3) is 4.61. The third-order valence-corrected chi connectivity index (χ3v) is 4.86. The maximum absolute atomic E-state index is 12.2. The fraction of sp³-hybridized carbons (Fsp3) is 0.875. The molecule has 1 aliphatic rings. The fourth-order valence-electron chi connectivity index (χ4n) is 3.13. The lowest BCUT2D eigenvalue weighted by atomic mass is 9.75. The van der Waals surface area contributed by atoms with E-state index in [2.05, 4.69) is 17.6 Å². The number of hydrogen-bond acceptors (Lipinski definition) is 2. The van der Waals surface area contributed by atoms with Crippen LogP contribution in [0.15, 0.2) is 0 Å². The molecule has 0 aromatic carbocycles. The molecule has 0 aromatic heterocycles. The van der Waals surface area contributed by atoms with Gasteiger partial charge in [-0.25, -0.2) is 9.59 Å². The lowest BCUT2D eigenvalue weighted by Crippen LogP contribution is -2.60. The van der Waals surface area contributed by atoms with Crippen LogP contribution in [0.3, 0.4) is 0 Å². The molecular formula is C16H30N2O3. The zero-order chi connectivity index (χ0) is 16.0. The van der Waals surface area contributed by atoms with Crippen LogP contribution in [0.1, 0.15) is 66.2 Å². The van der Waals surface area contributed by atoms with Gasteiger partial charge in [-0.15, -0.1) is 0 Å². The van der Waals surface area contributed by atoms with Crippen LogP contribution in [0.2, 0.25) is 0 Å². The number of aliphatic carboxylic acids is 1. The van der Waals surface area contributed by atoms with Crippen LogP contribution in [-0.4, -0.2) is 28.7 Å². The lowest BCUT2D eigenvalue weighted by molar-refractivity contribution is -0.146. The summed E-state index contributed by atoms with van der Waals surface area (Å²) in [4.78, 5) is 23.8. The highest BCUT2D eigenvalue weighted by molar-refractivity contribution is 5.86. The van der Waals surface area contributed by atoms with Crippen molar-refractivity contribution in [2.24, 2.45) is 11.8 Å². The topological polar surface area (TPSA) is 78.4 Å². The highest BCUT2D eigenvalue weighted by Gasteiger charge is 2.43. The average Bonchev–Trinajstić information content (AvgIpc) is 2.45. The molecule has 0 spiro atoms. The molecule has 1 atom stereocenters. The maximum Gasteiger partial charge on any atom is 0.329 e. The van der Waals surface area contributed by atoms with Crippen molar-refractivity contribution in [3.8, 4) is 0 Å². The van der Waals surface area contributed by atoms with Crippen molar-refractivity contribution in [1.29, 1.82) is 0 Å². The van der Waals surface area contributed by atoms with Gasteiger partial charge in [0.1, 0.15) is 5.54 Å². The summed E-state index contributed by atoms with van der Waals surface area (Å²) in [6.07, 6.45) is 4.69. The first kappa shape index (κ1) is 17.8. The number of nitrogens with one attached hydrogen (secondary N) is 2. The summed E-state index contributed by atoms with van der Waals surface area (Å²) in [6, 6.07) is -0.282. The molecule has 1 rings (SSSR count). The van der Waals surface area contributed by atoms with Gasteiger partial charge in [0, 0.05) is 6.04 Å². The number of carboxylic acids is 1. The van der Waals surface area contributed by atoms with E-state index in [0.29, 0.717) is 24.7 Å². The van der Waals surface area contributed by atoms with Crippen molar-refractivity contribution in [1.82, 2.24) is 10.6 Å². The average molecular weight is 298 g/mol. The second-order valence-corrected chi connectivity index (χ2v) is 6.60. The van der Waals surface area contributed by atoms with Gasteiger partial charge in [-0.05, 0) is 43.9 Å². The van der Waals surface area contributed by atoms with Gasteiger partial charge in [-0.1, -0.05) is 34.1 Å². The predicted molar refractivity (Wildman–Crippen MR) is 83.2 cm³/mol. The Morgan fingerprint density at radius 1 is 1.24 bits per heavy atom. The Kier molecular flexibility index (Phi) is 6.49. The molecule has 0 saturated heterocycles. The fourth-order valence-corrected chi connectivity index (χ4v) is 3.13. The number of carbonyl (C=O) groups is 2. The van der Waals surface area contributed by atoms with Gasteiger partial charge in [-0.2, -0.15) is 0 Å². The van der Waals surface area contributed by atoms with Gasteiger partial charge in [-0.3, -0.25) is 0 Å². The number of carboxylic acid groups (broad SMARTS) is 1. The van der Waals surface area contributed by atoms with E-state index in [1.807, 2.05) is 20.8 Å². The van der Waals surface area contributed by atoms with Gasteiger partial charge in [0.2, 0.25) is 0 Å². The van der Waals surface area contributed by atoms with Crippen LogP contribution in [0.4, 0.5) is 4.79 Å². The molecule has 2 amide bonds. The van der Waals surface area contributed by atoms with Crippen molar-refractivity contribution < 1.29 is 14.7 Å². The Labute approximate surface area is 127 Å². The zero-order valence-electron chi connectivity index (χ0n) is 13.7. The van der Waals surface area contributed by atoms with E-state index in [1.165, 1.54) is 0 Å². The Balaban J connectivity index is 2.67. The van der Waals surface area contributed by atoms with Crippen molar-refractivity contribution >= 4 is 12.0 Å². The van der Waals surface area contributed by atoms with E-state index in [0.717, 1.165) is 25.7 Å². The summed E-state index contributed by atoms with van der Waals surface area (Å²) in [5, 5.41) is 15.2.